The largest absolute Gasteiger partial charge is 0.367 e. The van der Waals surface area contributed by atoms with Gasteiger partial charge < -0.3 is 5.32 Å². The van der Waals surface area contributed by atoms with Crippen molar-refractivity contribution in [3.05, 3.63) is 70.4 Å². The molecule has 1 aliphatic rings. The maximum atomic E-state index is 13.3. The molecule has 1 saturated carbocycles. The van der Waals surface area contributed by atoms with Gasteiger partial charge >= 0.3 is 10.3 Å². The SMILES string of the molecule is Cc1ncnc(NC2CCC(COS(N)(=O)=O)C2)c1C(=O)c1ccn(Cc2cccc(Cl)c2)n1. The fraction of sp³-hybridized carbons (Fsp3) is 0.364. The van der Waals surface area contributed by atoms with Crippen molar-refractivity contribution in [1.29, 1.82) is 0 Å². The van der Waals surface area contributed by atoms with E-state index in [-0.39, 0.29) is 30.0 Å². The highest BCUT2D eigenvalue weighted by Crippen LogP contribution is 2.30. The van der Waals surface area contributed by atoms with Crippen molar-refractivity contribution in [3.63, 3.8) is 0 Å². The van der Waals surface area contributed by atoms with Crippen molar-refractivity contribution in [2.24, 2.45) is 11.1 Å². The highest BCUT2D eigenvalue weighted by atomic mass is 35.5. The van der Waals surface area contributed by atoms with Crippen LogP contribution in [0.15, 0.2) is 42.9 Å². The smallest absolute Gasteiger partial charge is 0.333 e. The molecule has 0 amide bonds. The highest BCUT2D eigenvalue weighted by molar-refractivity contribution is 7.84. The first kappa shape index (κ1) is 24.3. The number of aromatic nitrogens is 4. The zero-order chi connectivity index (χ0) is 24.3. The van der Waals surface area contributed by atoms with Crippen LogP contribution in [0.25, 0.3) is 0 Å². The monoisotopic (exact) mass is 504 g/mol. The number of hydrogen-bond acceptors (Lipinski definition) is 8. The summed E-state index contributed by atoms with van der Waals surface area (Å²) < 4.78 is 28.5. The molecule has 1 aromatic carbocycles. The van der Waals surface area contributed by atoms with Crippen LogP contribution in [0.4, 0.5) is 5.82 Å². The summed E-state index contributed by atoms with van der Waals surface area (Å²) in [6.07, 6.45) is 5.37. The molecule has 2 aromatic heterocycles. The topological polar surface area (TPSA) is 142 Å². The molecule has 0 aliphatic heterocycles. The van der Waals surface area contributed by atoms with Gasteiger partial charge in [0.1, 0.15) is 17.8 Å². The molecule has 3 aromatic rings. The third kappa shape index (κ3) is 6.17. The quantitative estimate of drug-likeness (QED) is 0.423. The minimum Gasteiger partial charge on any atom is -0.367 e. The predicted molar refractivity (Wildman–Crippen MR) is 127 cm³/mol. The first-order chi connectivity index (χ1) is 16.2. The molecular weight excluding hydrogens is 480 g/mol. The minimum absolute atomic E-state index is 0.00955. The number of nitrogens with zero attached hydrogens (tertiary/aromatic N) is 4. The third-order valence-corrected chi connectivity index (χ3v) is 6.42. The zero-order valence-electron chi connectivity index (χ0n) is 18.5. The van der Waals surface area contributed by atoms with Crippen LogP contribution in [-0.2, 0) is 21.0 Å². The van der Waals surface area contributed by atoms with E-state index in [9.17, 15) is 13.2 Å². The molecule has 34 heavy (non-hydrogen) atoms. The van der Waals surface area contributed by atoms with Crippen LogP contribution in [-0.4, -0.2) is 46.6 Å². The van der Waals surface area contributed by atoms with Gasteiger partial charge in [0.2, 0.25) is 5.78 Å². The number of hydrogen-bond donors (Lipinski definition) is 2. The first-order valence-electron chi connectivity index (χ1n) is 10.8. The lowest BCUT2D eigenvalue weighted by Crippen LogP contribution is -2.22. The standard InChI is InChI=1S/C22H25ClN6O4S/c1-14-20(21(30)19-7-8-29(28-19)11-15-3-2-4-17(23)9-15)22(26-13-25-14)27-18-6-5-16(10-18)12-33-34(24,31)32/h2-4,7-9,13,16,18H,5-6,10-12H2,1H3,(H2,24,31,32)(H,25,26,27). The van der Waals surface area contributed by atoms with Crippen molar-refractivity contribution in [2.45, 2.75) is 38.8 Å². The Morgan fingerprint density at radius 3 is 2.88 bits per heavy atom. The summed E-state index contributed by atoms with van der Waals surface area (Å²) in [6, 6.07) is 9.13. The lowest BCUT2D eigenvalue weighted by molar-refractivity contribution is 0.103. The number of nitrogens with two attached hydrogens (primary N) is 1. The van der Waals surface area contributed by atoms with Gasteiger partial charge in [0.15, 0.2) is 0 Å². The Morgan fingerprint density at radius 2 is 2.12 bits per heavy atom. The van der Waals surface area contributed by atoms with Gasteiger partial charge in [-0.2, -0.15) is 13.5 Å². The van der Waals surface area contributed by atoms with Gasteiger partial charge in [-0.15, -0.1) is 0 Å². The zero-order valence-corrected chi connectivity index (χ0v) is 20.1. The fourth-order valence-corrected chi connectivity index (χ4v) is 4.71. The van der Waals surface area contributed by atoms with Gasteiger partial charge in [-0.1, -0.05) is 23.7 Å². The number of rotatable bonds is 9. The fourth-order valence-electron chi connectivity index (χ4n) is 4.12. The highest BCUT2D eigenvalue weighted by Gasteiger charge is 2.28. The van der Waals surface area contributed by atoms with Gasteiger partial charge in [-0.05, 0) is 55.9 Å². The summed E-state index contributed by atoms with van der Waals surface area (Å²) in [5, 5.41) is 13.3. The Kier molecular flexibility index (Phi) is 7.27. The van der Waals surface area contributed by atoms with Crippen LogP contribution >= 0.6 is 11.6 Å². The Morgan fingerprint density at radius 1 is 1.29 bits per heavy atom. The van der Waals surface area contributed by atoms with Crippen molar-refractivity contribution >= 4 is 33.5 Å². The van der Waals surface area contributed by atoms with E-state index in [1.807, 2.05) is 18.2 Å². The molecule has 1 fully saturated rings. The second-order valence-corrected chi connectivity index (χ2v) is 10.00. The second-order valence-electron chi connectivity index (χ2n) is 8.34. The minimum atomic E-state index is -3.96. The molecule has 180 valence electrons. The van der Waals surface area contributed by atoms with E-state index in [2.05, 4.69) is 20.4 Å². The van der Waals surface area contributed by atoms with Crippen molar-refractivity contribution in [1.82, 2.24) is 19.7 Å². The Labute approximate surface area is 202 Å². The van der Waals surface area contributed by atoms with Gasteiger partial charge in [-0.3, -0.25) is 13.7 Å². The average molecular weight is 505 g/mol. The molecular formula is C22H25ClN6O4S. The average Bonchev–Trinajstić information content (AvgIpc) is 3.41. The number of ketones is 1. The normalized spacial score (nSPS) is 18.2. The summed E-state index contributed by atoms with van der Waals surface area (Å²) in [5.74, 6) is 0.192. The van der Waals surface area contributed by atoms with Gasteiger partial charge in [-0.25, -0.2) is 15.1 Å². The molecule has 0 spiro atoms. The Balaban J connectivity index is 1.47. The van der Waals surface area contributed by atoms with Crippen molar-refractivity contribution < 1.29 is 17.4 Å². The summed E-state index contributed by atoms with van der Waals surface area (Å²) in [7, 11) is -3.96. The van der Waals surface area contributed by atoms with Gasteiger partial charge in [0.05, 0.1) is 24.4 Å². The summed E-state index contributed by atoms with van der Waals surface area (Å²) >= 11 is 6.05. The number of nitrogens with one attached hydrogen (secondary N) is 1. The van der Waals surface area contributed by atoms with Crippen molar-refractivity contribution in [2.75, 3.05) is 11.9 Å². The summed E-state index contributed by atoms with van der Waals surface area (Å²) in [5.41, 5.74) is 2.16. The lowest BCUT2D eigenvalue weighted by Gasteiger charge is -2.17. The Hall–Kier alpha value is -2.86. The predicted octanol–water partition coefficient (Wildman–Crippen LogP) is 2.71. The molecule has 3 N–H and O–H groups in total. The van der Waals surface area contributed by atoms with Crippen LogP contribution in [0.3, 0.4) is 0 Å². The van der Waals surface area contributed by atoms with E-state index in [4.69, 9.17) is 20.9 Å². The molecule has 12 heteroatoms. The van der Waals surface area contributed by atoms with Gasteiger partial charge in [0, 0.05) is 17.3 Å². The van der Waals surface area contributed by atoms with E-state index in [0.717, 1.165) is 18.4 Å². The first-order valence-corrected chi connectivity index (χ1v) is 12.6. The number of aryl methyl sites for hydroxylation is 1. The van der Waals surface area contributed by atoms with Gasteiger partial charge in [0.25, 0.3) is 0 Å². The molecule has 10 nitrogen and oxygen atoms in total. The van der Waals surface area contributed by atoms with E-state index < -0.39 is 10.3 Å². The molecule has 2 heterocycles. The number of benzene rings is 1. The molecule has 0 saturated heterocycles. The summed E-state index contributed by atoms with van der Waals surface area (Å²) in [6.45, 7) is 2.27. The lowest BCUT2D eigenvalue weighted by atomic mass is 10.1. The van der Waals surface area contributed by atoms with Crippen LogP contribution < -0.4 is 10.5 Å². The third-order valence-electron chi connectivity index (χ3n) is 5.72. The molecule has 2 atom stereocenters. The number of carbonyl (C=O) groups is 1. The molecule has 2 unspecified atom stereocenters. The van der Waals surface area contributed by atoms with Crippen LogP contribution in [0, 0.1) is 12.8 Å². The molecule has 4 rings (SSSR count). The number of carbonyl (C=O) groups excluding carboxylic acids is 1. The van der Waals surface area contributed by atoms with E-state index >= 15 is 0 Å². The van der Waals surface area contributed by atoms with E-state index in [1.165, 1.54) is 6.33 Å². The number of halogens is 1. The van der Waals surface area contributed by atoms with Crippen LogP contribution in [0.2, 0.25) is 5.02 Å². The molecule has 0 bridgehead atoms. The maximum absolute atomic E-state index is 13.3. The van der Waals surface area contributed by atoms with Crippen LogP contribution in [0.1, 0.15) is 46.6 Å². The van der Waals surface area contributed by atoms with Crippen molar-refractivity contribution in [3.8, 4) is 0 Å². The molecule has 0 radical (unpaired) electrons. The van der Waals surface area contributed by atoms with Crippen LogP contribution in [0.5, 0.6) is 0 Å². The molecule has 1 aliphatic carbocycles. The summed E-state index contributed by atoms with van der Waals surface area (Å²) in [4.78, 5) is 21.8. The maximum Gasteiger partial charge on any atom is 0.333 e. The second kappa shape index (κ2) is 10.2. The Bertz CT molecular complexity index is 1300. The van der Waals surface area contributed by atoms with E-state index in [1.54, 1.807) is 29.9 Å². The van der Waals surface area contributed by atoms with E-state index in [0.29, 0.717) is 35.1 Å². The number of anilines is 1.